The van der Waals surface area contributed by atoms with Crippen molar-refractivity contribution in [3.05, 3.63) is 48.0 Å². The van der Waals surface area contributed by atoms with Crippen molar-refractivity contribution in [1.82, 2.24) is 5.32 Å². The lowest BCUT2D eigenvalue weighted by Gasteiger charge is -2.39. The Morgan fingerprint density at radius 1 is 1.25 bits per heavy atom. The van der Waals surface area contributed by atoms with Crippen LogP contribution in [0, 0.1) is 0 Å². The number of allylic oxidation sites excluding steroid dienone is 1. The van der Waals surface area contributed by atoms with E-state index in [-0.39, 0.29) is 0 Å². The van der Waals surface area contributed by atoms with Crippen molar-refractivity contribution in [1.29, 1.82) is 0 Å². The average molecular weight is 271 g/mol. The molecule has 1 saturated carbocycles. The minimum absolute atomic E-state index is 0.340. The molecule has 0 aromatic heterocycles. The summed E-state index contributed by atoms with van der Waals surface area (Å²) in [5.74, 6) is 0. The summed E-state index contributed by atoms with van der Waals surface area (Å²) in [4.78, 5) is 0. The lowest BCUT2D eigenvalue weighted by molar-refractivity contribution is 0.285. The zero-order chi connectivity index (χ0) is 14.4. The van der Waals surface area contributed by atoms with E-state index in [1.807, 2.05) is 0 Å². The van der Waals surface area contributed by atoms with Crippen molar-refractivity contribution < 1.29 is 0 Å². The molecule has 0 aliphatic heterocycles. The number of hydrogen-bond acceptors (Lipinski definition) is 1. The maximum Gasteiger partial charge on any atom is 0.0167 e. The molecule has 0 spiro atoms. The van der Waals surface area contributed by atoms with Crippen LogP contribution in [-0.2, 0) is 5.41 Å². The van der Waals surface area contributed by atoms with Gasteiger partial charge in [0, 0.05) is 11.5 Å². The first kappa shape index (κ1) is 15.3. The Labute approximate surface area is 124 Å². The summed E-state index contributed by atoms with van der Waals surface area (Å²) >= 11 is 0. The van der Waals surface area contributed by atoms with E-state index in [0.29, 0.717) is 11.5 Å². The van der Waals surface area contributed by atoms with E-state index in [4.69, 9.17) is 0 Å². The summed E-state index contributed by atoms with van der Waals surface area (Å²) in [5.41, 5.74) is 3.17. The summed E-state index contributed by atoms with van der Waals surface area (Å²) in [7, 11) is 0. The molecule has 0 radical (unpaired) electrons. The van der Waals surface area contributed by atoms with E-state index in [9.17, 15) is 0 Å². The van der Waals surface area contributed by atoms with E-state index in [2.05, 4.69) is 56.1 Å². The van der Waals surface area contributed by atoms with Crippen LogP contribution in [0.4, 0.5) is 0 Å². The highest BCUT2D eigenvalue weighted by atomic mass is 14.9. The molecule has 1 atom stereocenters. The summed E-state index contributed by atoms with van der Waals surface area (Å²) in [6.45, 7) is 9.50. The van der Waals surface area contributed by atoms with Crippen LogP contribution in [0.2, 0.25) is 0 Å². The molecule has 1 aliphatic rings. The van der Waals surface area contributed by atoms with Crippen LogP contribution in [0.3, 0.4) is 0 Å². The van der Waals surface area contributed by atoms with Crippen LogP contribution in [0.5, 0.6) is 0 Å². The standard InChI is InChI=1S/C19H29N/c1-4-20-18(13-12-16(2)3)19(14-8-9-15-19)17-10-6-5-7-11-17/h5-7,10-11,18,20H,2,4,8-9,12-15H2,1,3H3. The van der Waals surface area contributed by atoms with Crippen molar-refractivity contribution in [3.63, 3.8) is 0 Å². The molecule has 1 nitrogen and oxygen atoms in total. The van der Waals surface area contributed by atoms with Crippen LogP contribution < -0.4 is 5.32 Å². The molecule has 1 fully saturated rings. The van der Waals surface area contributed by atoms with Gasteiger partial charge in [0.2, 0.25) is 0 Å². The maximum atomic E-state index is 4.08. The fraction of sp³-hybridized carbons (Fsp3) is 0.579. The first-order chi connectivity index (χ1) is 9.69. The minimum Gasteiger partial charge on any atom is -0.313 e. The van der Waals surface area contributed by atoms with Crippen molar-refractivity contribution in [3.8, 4) is 0 Å². The largest absolute Gasteiger partial charge is 0.313 e. The van der Waals surface area contributed by atoms with E-state index in [1.54, 1.807) is 0 Å². The van der Waals surface area contributed by atoms with Crippen LogP contribution in [0.25, 0.3) is 0 Å². The molecule has 1 N–H and O–H groups in total. The van der Waals surface area contributed by atoms with Crippen molar-refractivity contribution in [2.45, 2.75) is 63.8 Å². The fourth-order valence-corrected chi connectivity index (χ4v) is 3.83. The Hall–Kier alpha value is -1.08. The van der Waals surface area contributed by atoms with E-state index < -0.39 is 0 Å². The predicted molar refractivity (Wildman–Crippen MR) is 88.1 cm³/mol. The summed E-state index contributed by atoms with van der Waals surface area (Å²) in [6.07, 6.45) is 7.72. The first-order valence-electron chi connectivity index (χ1n) is 8.12. The van der Waals surface area contributed by atoms with Gasteiger partial charge in [0.1, 0.15) is 0 Å². The predicted octanol–water partition coefficient (Wildman–Crippen LogP) is 4.83. The average Bonchev–Trinajstić information content (AvgIpc) is 2.95. The molecule has 1 unspecified atom stereocenters. The third kappa shape index (κ3) is 3.32. The first-order valence-corrected chi connectivity index (χ1v) is 8.12. The van der Waals surface area contributed by atoms with Crippen LogP contribution in [0.15, 0.2) is 42.5 Å². The van der Waals surface area contributed by atoms with E-state index in [0.717, 1.165) is 13.0 Å². The molecule has 1 aromatic rings. The molecule has 0 heterocycles. The Morgan fingerprint density at radius 3 is 2.45 bits per heavy atom. The Balaban J connectivity index is 2.26. The zero-order valence-electron chi connectivity index (χ0n) is 13.1. The van der Waals surface area contributed by atoms with E-state index in [1.165, 1.54) is 43.2 Å². The second-order valence-electron chi connectivity index (χ2n) is 6.34. The zero-order valence-corrected chi connectivity index (χ0v) is 13.1. The van der Waals surface area contributed by atoms with Crippen LogP contribution in [-0.4, -0.2) is 12.6 Å². The van der Waals surface area contributed by atoms with Gasteiger partial charge in [-0.2, -0.15) is 0 Å². The number of benzene rings is 1. The molecule has 110 valence electrons. The lowest BCUT2D eigenvalue weighted by Crippen LogP contribution is -2.47. The van der Waals surface area contributed by atoms with Gasteiger partial charge in [0.25, 0.3) is 0 Å². The van der Waals surface area contributed by atoms with Crippen molar-refractivity contribution in [2.75, 3.05) is 6.54 Å². The SMILES string of the molecule is C=C(C)CCC(NCC)C1(c2ccccc2)CCCC1. The van der Waals surface area contributed by atoms with Gasteiger partial charge in [0.05, 0.1) is 0 Å². The quantitative estimate of drug-likeness (QED) is 0.700. The third-order valence-corrected chi connectivity index (χ3v) is 4.82. The second-order valence-corrected chi connectivity index (χ2v) is 6.34. The molecule has 1 aliphatic carbocycles. The summed E-state index contributed by atoms with van der Waals surface area (Å²) in [5, 5.41) is 3.78. The van der Waals surface area contributed by atoms with Gasteiger partial charge < -0.3 is 5.32 Å². The molecule has 1 heteroatoms. The molecule has 0 saturated heterocycles. The van der Waals surface area contributed by atoms with Gasteiger partial charge in [-0.3, -0.25) is 0 Å². The smallest absolute Gasteiger partial charge is 0.0167 e. The van der Waals surface area contributed by atoms with Gasteiger partial charge in [-0.25, -0.2) is 0 Å². The Morgan fingerprint density at radius 2 is 1.90 bits per heavy atom. The third-order valence-electron chi connectivity index (χ3n) is 4.82. The lowest BCUT2D eigenvalue weighted by atomic mass is 9.71. The molecule has 0 amide bonds. The topological polar surface area (TPSA) is 12.0 Å². The molecule has 20 heavy (non-hydrogen) atoms. The Bertz CT molecular complexity index is 415. The van der Waals surface area contributed by atoms with Gasteiger partial charge in [-0.05, 0) is 44.7 Å². The summed E-state index contributed by atoms with van der Waals surface area (Å²) in [6, 6.07) is 11.7. The molecule has 1 aromatic carbocycles. The van der Waals surface area contributed by atoms with Gasteiger partial charge in [-0.1, -0.05) is 55.7 Å². The van der Waals surface area contributed by atoms with Crippen LogP contribution >= 0.6 is 0 Å². The Kier molecular flexibility index (Phi) is 5.42. The van der Waals surface area contributed by atoms with Crippen molar-refractivity contribution >= 4 is 0 Å². The molecule has 0 bridgehead atoms. The maximum absolute atomic E-state index is 4.08. The van der Waals surface area contributed by atoms with Crippen LogP contribution in [0.1, 0.15) is 57.9 Å². The fourth-order valence-electron chi connectivity index (χ4n) is 3.83. The van der Waals surface area contributed by atoms with Gasteiger partial charge in [-0.15, -0.1) is 6.58 Å². The molecule has 2 rings (SSSR count). The normalized spacial score (nSPS) is 18.9. The highest BCUT2D eigenvalue weighted by Gasteiger charge is 2.41. The van der Waals surface area contributed by atoms with Gasteiger partial charge in [0.15, 0.2) is 0 Å². The minimum atomic E-state index is 0.340. The van der Waals surface area contributed by atoms with Crippen molar-refractivity contribution in [2.24, 2.45) is 0 Å². The molecular formula is C19H29N. The summed E-state index contributed by atoms with van der Waals surface area (Å²) < 4.78 is 0. The molecular weight excluding hydrogens is 242 g/mol. The number of rotatable bonds is 7. The monoisotopic (exact) mass is 271 g/mol. The van der Waals surface area contributed by atoms with Gasteiger partial charge >= 0.3 is 0 Å². The highest BCUT2D eigenvalue weighted by molar-refractivity contribution is 5.29. The van der Waals surface area contributed by atoms with E-state index >= 15 is 0 Å². The number of nitrogens with one attached hydrogen (secondary N) is 1. The number of hydrogen-bond donors (Lipinski definition) is 1. The second kappa shape index (κ2) is 7.08. The number of likely N-dealkylation sites (N-methyl/N-ethyl adjacent to an activating group) is 1. The highest BCUT2D eigenvalue weighted by Crippen LogP contribution is 2.45.